The lowest BCUT2D eigenvalue weighted by atomic mass is 10.1. The van der Waals surface area contributed by atoms with Crippen LogP contribution in [-0.2, 0) is 36.0 Å². The molecule has 0 spiro atoms. The third-order valence-electron chi connectivity index (χ3n) is 6.71. The van der Waals surface area contributed by atoms with Gasteiger partial charge in [0.2, 0.25) is 0 Å². The molecule has 0 saturated carbocycles. The van der Waals surface area contributed by atoms with Gasteiger partial charge >= 0.3 is 5.97 Å². The number of rotatable bonds is 17. The summed E-state index contributed by atoms with van der Waals surface area (Å²) in [6, 6.07) is 16.4. The summed E-state index contributed by atoms with van der Waals surface area (Å²) in [7, 11) is 2.02. The van der Waals surface area contributed by atoms with E-state index in [9.17, 15) is 4.79 Å². The predicted molar refractivity (Wildman–Crippen MR) is 167 cm³/mol. The van der Waals surface area contributed by atoms with Crippen LogP contribution >= 0.6 is 23.1 Å². The lowest BCUT2D eigenvalue weighted by Gasteiger charge is -2.15. The van der Waals surface area contributed by atoms with Gasteiger partial charge < -0.3 is 19.4 Å². The third-order valence-corrected chi connectivity index (χ3v) is 8.47. The number of thiophene rings is 1. The summed E-state index contributed by atoms with van der Waals surface area (Å²) in [6.07, 6.45) is 7.03. The van der Waals surface area contributed by atoms with E-state index < -0.39 is 0 Å². The molecule has 7 nitrogen and oxygen atoms in total. The van der Waals surface area contributed by atoms with Crippen molar-refractivity contribution in [3.63, 3.8) is 0 Å². The van der Waals surface area contributed by atoms with Gasteiger partial charge in [0, 0.05) is 36.2 Å². The Morgan fingerprint density at radius 3 is 2.59 bits per heavy atom. The van der Waals surface area contributed by atoms with E-state index in [1.54, 1.807) is 23.1 Å². The summed E-state index contributed by atoms with van der Waals surface area (Å²) in [4.78, 5) is 12.8. The summed E-state index contributed by atoms with van der Waals surface area (Å²) in [5, 5.41) is 17.5. The van der Waals surface area contributed by atoms with Crippen molar-refractivity contribution < 1.29 is 14.3 Å². The molecule has 4 rings (SSSR count). The number of benzene rings is 2. The number of anilines is 1. The van der Waals surface area contributed by atoms with Crippen molar-refractivity contribution in [3.8, 4) is 5.75 Å². The zero-order valence-electron chi connectivity index (χ0n) is 24.2. The van der Waals surface area contributed by atoms with E-state index in [0.29, 0.717) is 19.8 Å². The Morgan fingerprint density at radius 1 is 1.00 bits per heavy atom. The molecule has 0 aliphatic heterocycles. The molecule has 0 aliphatic rings. The lowest BCUT2D eigenvalue weighted by Crippen LogP contribution is -2.07. The lowest BCUT2D eigenvalue weighted by molar-refractivity contribution is -0.142. The molecule has 0 saturated heterocycles. The number of ether oxygens (including phenoxy) is 2. The number of carbonyl (C=O) groups excluding carboxylic acids is 1. The maximum absolute atomic E-state index is 11.8. The number of nitrogens with zero attached hydrogens (tertiary/aromatic N) is 3. The van der Waals surface area contributed by atoms with E-state index in [0.717, 1.165) is 51.3 Å². The summed E-state index contributed by atoms with van der Waals surface area (Å²) in [6.45, 7) is 5.77. The van der Waals surface area contributed by atoms with Crippen LogP contribution in [0.1, 0.15) is 68.5 Å². The first-order valence-corrected chi connectivity index (χ1v) is 16.1. The SMILES string of the molecule is CCCCCCCOc1cc(Sc2nnc(Cc3ccsc3)n2C)ccc1CNc1ccc(CC(=O)OCC)cc1. The van der Waals surface area contributed by atoms with Gasteiger partial charge in [-0.25, -0.2) is 0 Å². The molecule has 2 aromatic carbocycles. The molecular weight excluding hydrogens is 553 g/mol. The highest BCUT2D eigenvalue weighted by molar-refractivity contribution is 7.99. The minimum Gasteiger partial charge on any atom is -0.493 e. The van der Waals surface area contributed by atoms with Crippen LogP contribution in [0, 0.1) is 0 Å². The fourth-order valence-electron chi connectivity index (χ4n) is 4.35. The van der Waals surface area contributed by atoms with Crippen LogP contribution in [0.15, 0.2) is 69.3 Å². The molecule has 2 heterocycles. The Balaban J connectivity index is 1.42. The highest BCUT2D eigenvalue weighted by Gasteiger charge is 2.13. The molecule has 1 N–H and O–H groups in total. The van der Waals surface area contributed by atoms with Crippen molar-refractivity contribution >= 4 is 34.8 Å². The van der Waals surface area contributed by atoms with Crippen LogP contribution in [0.2, 0.25) is 0 Å². The normalized spacial score (nSPS) is 11.0. The van der Waals surface area contributed by atoms with Crippen molar-refractivity contribution in [1.29, 1.82) is 0 Å². The van der Waals surface area contributed by atoms with Gasteiger partial charge in [-0.1, -0.05) is 50.8 Å². The van der Waals surface area contributed by atoms with Gasteiger partial charge in [0.05, 0.1) is 19.6 Å². The number of aromatic nitrogens is 3. The topological polar surface area (TPSA) is 78.3 Å². The summed E-state index contributed by atoms with van der Waals surface area (Å²) >= 11 is 3.30. The van der Waals surface area contributed by atoms with Gasteiger partial charge in [0.15, 0.2) is 5.16 Å². The van der Waals surface area contributed by atoms with Crippen LogP contribution < -0.4 is 10.1 Å². The fourth-order valence-corrected chi connectivity index (χ4v) is 5.86. The van der Waals surface area contributed by atoms with Crippen LogP contribution in [-0.4, -0.2) is 33.9 Å². The second kappa shape index (κ2) is 16.2. The highest BCUT2D eigenvalue weighted by Crippen LogP contribution is 2.32. The molecule has 9 heteroatoms. The average molecular weight is 593 g/mol. The number of esters is 1. The Hall–Kier alpha value is -3.30. The molecule has 4 aromatic rings. The van der Waals surface area contributed by atoms with Crippen molar-refractivity contribution in [2.24, 2.45) is 7.05 Å². The van der Waals surface area contributed by atoms with E-state index in [1.807, 2.05) is 38.2 Å². The minimum atomic E-state index is -0.206. The number of hydrogen-bond donors (Lipinski definition) is 1. The van der Waals surface area contributed by atoms with Crippen LogP contribution in [0.4, 0.5) is 5.69 Å². The van der Waals surface area contributed by atoms with E-state index in [-0.39, 0.29) is 12.4 Å². The first-order valence-electron chi connectivity index (χ1n) is 14.4. The minimum absolute atomic E-state index is 0.206. The predicted octanol–water partition coefficient (Wildman–Crippen LogP) is 7.69. The Kier molecular flexibility index (Phi) is 12.1. The maximum atomic E-state index is 11.8. The first kappa shape index (κ1) is 30.7. The molecule has 41 heavy (non-hydrogen) atoms. The van der Waals surface area contributed by atoms with Crippen molar-refractivity contribution in [2.45, 2.75) is 75.4 Å². The zero-order valence-corrected chi connectivity index (χ0v) is 25.9. The summed E-state index contributed by atoms with van der Waals surface area (Å²) < 4.78 is 13.4. The standard InChI is InChI=1S/C32H40N4O3S2/c1-4-6-7-8-9-17-39-29-21-28(41-32-35-34-30(36(32)3)19-25-16-18-40-23-25)15-12-26(29)22-33-27-13-10-24(11-14-27)20-31(37)38-5-2/h10-16,18,21,23,33H,4-9,17,19-20,22H2,1-3H3. The summed E-state index contributed by atoms with van der Waals surface area (Å²) in [5.41, 5.74) is 4.26. The number of hydrogen-bond acceptors (Lipinski definition) is 8. The molecule has 2 aromatic heterocycles. The second-order valence-corrected chi connectivity index (χ2v) is 11.8. The monoisotopic (exact) mass is 592 g/mol. The summed E-state index contributed by atoms with van der Waals surface area (Å²) in [5.74, 6) is 1.63. The highest BCUT2D eigenvalue weighted by atomic mass is 32.2. The van der Waals surface area contributed by atoms with Crippen molar-refractivity contribution in [1.82, 2.24) is 14.8 Å². The van der Waals surface area contributed by atoms with E-state index in [2.05, 4.69) is 62.0 Å². The largest absolute Gasteiger partial charge is 0.493 e. The van der Waals surface area contributed by atoms with Gasteiger partial charge in [-0.15, -0.1) is 10.2 Å². The Morgan fingerprint density at radius 2 is 1.83 bits per heavy atom. The van der Waals surface area contributed by atoms with Crippen molar-refractivity contribution in [2.75, 3.05) is 18.5 Å². The molecular formula is C32H40N4O3S2. The van der Waals surface area contributed by atoms with Crippen LogP contribution in [0.25, 0.3) is 0 Å². The Labute approximate surface area is 251 Å². The Bertz CT molecular complexity index is 1350. The number of nitrogens with one attached hydrogen (secondary N) is 1. The smallest absolute Gasteiger partial charge is 0.310 e. The molecule has 0 unspecified atom stereocenters. The quantitative estimate of drug-likeness (QED) is 0.0995. The van der Waals surface area contributed by atoms with E-state index in [1.165, 1.54) is 31.2 Å². The van der Waals surface area contributed by atoms with Gasteiger partial charge in [0.1, 0.15) is 11.6 Å². The molecule has 0 amide bonds. The molecule has 0 aliphatic carbocycles. The number of unbranched alkanes of at least 4 members (excludes halogenated alkanes) is 4. The van der Waals surface area contributed by atoms with Gasteiger partial charge in [-0.2, -0.15) is 11.3 Å². The van der Waals surface area contributed by atoms with E-state index >= 15 is 0 Å². The molecule has 0 atom stereocenters. The van der Waals surface area contributed by atoms with Crippen LogP contribution in [0.5, 0.6) is 5.75 Å². The molecule has 0 fully saturated rings. The van der Waals surface area contributed by atoms with Gasteiger partial charge in [0.25, 0.3) is 0 Å². The molecule has 218 valence electrons. The number of carbonyl (C=O) groups is 1. The molecule has 0 radical (unpaired) electrons. The fraction of sp³-hybridized carbons (Fsp3) is 0.406. The van der Waals surface area contributed by atoms with Crippen molar-refractivity contribution in [3.05, 3.63) is 81.8 Å². The van der Waals surface area contributed by atoms with Crippen LogP contribution in [0.3, 0.4) is 0 Å². The third kappa shape index (κ3) is 9.64. The zero-order chi connectivity index (χ0) is 28.9. The first-order chi connectivity index (χ1) is 20.1. The maximum Gasteiger partial charge on any atom is 0.310 e. The molecule has 0 bridgehead atoms. The second-order valence-electron chi connectivity index (χ2n) is 9.93. The van der Waals surface area contributed by atoms with Gasteiger partial charge in [-0.3, -0.25) is 4.79 Å². The van der Waals surface area contributed by atoms with Gasteiger partial charge in [-0.05, 0) is 77.3 Å². The average Bonchev–Trinajstić information content (AvgIpc) is 3.61. The van der Waals surface area contributed by atoms with E-state index in [4.69, 9.17) is 9.47 Å².